The maximum Gasteiger partial charge on any atom is -0.00114 e. The minimum atomic E-state index is 1.13. The van der Waals surface area contributed by atoms with Gasteiger partial charge in [0.25, 0.3) is 0 Å². The Morgan fingerprint density at radius 3 is 2.59 bits per heavy atom. The van der Waals surface area contributed by atoms with Crippen molar-refractivity contribution in [3.05, 3.63) is 34.9 Å². The van der Waals surface area contributed by atoms with Gasteiger partial charge in [-0.1, -0.05) is 43.2 Å². The van der Waals surface area contributed by atoms with Crippen LogP contribution in [0, 0.1) is 0 Å². The lowest BCUT2D eigenvalue weighted by atomic mass is 10.0. The molecule has 0 aliphatic carbocycles. The average molecular weight is 235 g/mol. The molecule has 1 rings (SSSR count). The number of hydrogen-bond acceptors (Lipinski definition) is 1. The molecule has 1 heteroatoms. The molecule has 0 saturated heterocycles. The van der Waals surface area contributed by atoms with Crippen LogP contribution in [-0.4, -0.2) is 13.1 Å². The Labute approximate surface area is 108 Å². The van der Waals surface area contributed by atoms with E-state index in [1.165, 1.54) is 24.0 Å². The lowest BCUT2D eigenvalue weighted by Gasteiger charge is -2.06. The summed E-state index contributed by atoms with van der Waals surface area (Å²) in [6.07, 6.45) is 10.4. The normalized spacial score (nSPS) is 16.3. The van der Waals surface area contributed by atoms with Gasteiger partial charge in [-0.05, 0) is 58.7 Å². The van der Waals surface area contributed by atoms with Crippen LogP contribution in [0.2, 0.25) is 0 Å². The summed E-state index contributed by atoms with van der Waals surface area (Å²) in [7, 11) is 0. The van der Waals surface area contributed by atoms with E-state index in [2.05, 4.69) is 44.3 Å². The van der Waals surface area contributed by atoms with Crippen LogP contribution >= 0.6 is 0 Å². The predicted octanol–water partition coefficient (Wildman–Crippen LogP) is 4.63. The monoisotopic (exact) mass is 235 g/mol. The second kappa shape index (κ2) is 10.3. The third kappa shape index (κ3) is 7.98. The van der Waals surface area contributed by atoms with Gasteiger partial charge >= 0.3 is 0 Å². The minimum absolute atomic E-state index is 1.13. The molecule has 0 fully saturated rings. The third-order valence-corrected chi connectivity index (χ3v) is 2.65. The van der Waals surface area contributed by atoms with Crippen LogP contribution in [-0.2, 0) is 0 Å². The minimum Gasteiger partial charge on any atom is -0.316 e. The summed E-state index contributed by atoms with van der Waals surface area (Å²) in [5.41, 5.74) is 4.42. The highest BCUT2D eigenvalue weighted by atomic mass is 14.8. The molecule has 17 heavy (non-hydrogen) atoms. The summed E-state index contributed by atoms with van der Waals surface area (Å²) >= 11 is 0. The smallest absolute Gasteiger partial charge is 0.00114 e. The van der Waals surface area contributed by atoms with Gasteiger partial charge in [0, 0.05) is 0 Å². The molecule has 1 nitrogen and oxygen atoms in total. The lowest BCUT2D eigenvalue weighted by molar-refractivity contribution is 0.707. The second-order valence-electron chi connectivity index (χ2n) is 4.41. The zero-order chi connectivity index (χ0) is 13.1. The molecule has 1 N–H and O–H groups in total. The first-order valence-electron chi connectivity index (χ1n) is 6.91. The molecule has 0 atom stereocenters. The molecule has 1 aliphatic heterocycles. The second-order valence-corrected chi connectivity index (χ2v) is 4.41. The van der Waals surface area contributed by atoms with Crippen molar-refractivity contribution in [3.8, 4) is 0 Å². The molecule has 1 heterocycles. The number of allylic oxidation sites excluding steroid dienone is 4. The summed E-state index contributed by atoms with van der Waals surface area (Å²) in [6.45, 7) is 12.7. The van der Waals surface area contributed by atoms with Crippen molar-refractivity contribution in [2.45, 2.75) is 53.9 Å². The lowest BCUT2D eigenvalue weighted by Crippen LogP contribution is -2.13. The summed E-state index contributed by atoms with van der Waals surface area (Å²) < 4.78 is 0. The van der Waals surface area contributed by atoms with Crippen LogP contribution in [0.15, 0.2) is 34.9 Å². The van der Waals surface area contributed by atoms with Crippen LogP contribution in [0.4, 0.5) is 0 Å². The molecule has 0 aromatic carbocycles. The fourth-order valence-corrected chi connectivity index (χ4v) is 1.88. The van der Waals surface area contributed by atoms with E-state index >= 15 is 0 Å². The van der Waals surface area contributed by atoms with Crippen molar-refractivity contribution in [2.24, 2.45) is 0 Å². The Hall–Kier alpha value is -0.820. The molecule has 0 unspecified atom stereocenters. The van der Waals surface area contributed by atoms with Crippen molar-refractivity contribution in [2.75, 3.05) is 13.1 Å². The van der Waals surface area contributed by atoms with Gasteiger partial charge < -0.3 is 5.32 Å². The van der Waals surface area contributed by atoms with Crippen LogP contribution in [0.3, 0.4) is 0 Å². The van der Waals surface area contributed by atoms with Gasteiger partial charge in [0.15, 0.2) is 0 Å². The molecule has 1 aliphatic rings. The Bertz CT molecular complexity index is 278. The summed E-state index contributed by atoms with van der Waals surface area (Å²) in [5.74, 6) is 0. The molecule has 0 amide bonds. The summed E-state index contributed by atoms with van der Waals surface area (Å²) in [6, 6.07) is 0. The predicted molar refractivity (Wildman–Crippen MR) is 79.3 cm³/mol. The van der Waals surface area contributed by atoms with Crippen LogP contribution in [0.1, 0.15) is 53.9 Å². The average Bonchev–Trinajstić information content (AvgIpc) is 2.59. The first kappa shape index (κ1) is 16.2. The van der Waals surface area contributed by atoms with Crippen molar-refractivity contribution in [3.63, 3.8) is 0 Å². The van der Waals surface area contributed by atoms with E-state index < -0.39 is 0 Å². The quantitative estimate of drug-likeness (QED) is 0.556. The van der Waals surface area contributed by atoms with Gasteiger partial charge in [0.05, 0.1) is 0 Å². The highest BCUT2D eigenvalue weighted by Crippen LogP contribution is 2.18. The van der Waals surface area contributed by atoms with E-state index in [-0.39, 0.29) is 0 Å². The van der Waals surface area contributed by atoms with Gasteiger partial charge in [-0.3, -0.25) is 0 Å². The van der Waals surface area contributed by atoms with Crippen LogP contribution in [0.5, 0.6) is 0 Å². The Kier molecular flexibility index (Phi) is 9.84. The van der Waals surface area contributed by atoms with Crippen molar-refractivity contribution in [1.82, 2.24) is 5.32 Å². The molecule has 0 aromatic heterocycles. The number of rotatable bonds is 3. The van der Waals surface area contributed by atoms with Crippen molar-refractivity contribution >= 4 is 0 Å². The number of hydrogen-bond donors (Lipinski definition) is 1. The molecule has 0 radical (unpaired) electrons. The zero-order valence-corrected chi connectivity index (χ0v) is 12.3. The zero-order valence-electron chi connectivity index (χ0n) is 12.3. The van der Waals surface area contributed by atoms with Gasteiger partial charge in [-0.15, -0.1) is 0 Å². The fraction of sp³-hybridized carbons (Fsp3) is 0.625. The first-order chi connectivity index (χ1) is 8.22. The Balaban J connectivity index is 0.00000121. The largest absolute Gasteiger partial charge is 0.316 e. The molecule has 98 valence electrons. The van der Waals surface area contributed by atoms with E-state index in [0.717, 1.165) is 19.5 Å². The van der Waals surface area contributed by atoms with Gasteiger partial charge in [-0.25, -0.2) is 0 Å². The maximum absolute atomic E-state index is 3.42. The fourth-order valence-electron chi connectivity index (χ4n) is 1.88. The van der Waals surface area contributed by atoms with Crippen LogP contribution < -0.4 is 5.32 Å². The van der Waals surface area contributed by atoms with Crippen LogP contribution in [0.25, 0.3) is 0 Å². The Morgan fingerprint density at radius 1 is 1.29 bits per heavy atom. The summed E-state index contributed by atoms with van der Waals surface area (Å²) in [4.78, 5) is 0. The van der Waals surface area contributed by atoms with E-state index in [1.54, 1.807) is 5.57 Å². The Morgan fingerprint density at radius 2 is 2.00 bits per heavy atom. The highest BCUT2D eigenvalue weighted by Gasteiger charge is 2.03. The molecule has 0 spiro atoms. The van der Waals surface area contributed by atoms with Gasteiger partial charge in [-0.2, -0.15) is 0 Å². The van der Waals surface area contributed by atoms with E-state index in [4.69, 9.17) is 0 Å². The highest BCUT2D eigenvalue weighted by molar-refractivity contribution is 5.27. The van der Waals surface area contributed by atoms with E-state index in [1.807, 2.05) is 13.8 Å². The van der Waals surface area contributed by atoms with E-state index in [0.29, 0.717) is 0 Å². The third-order valence-electron chi connectivity index (χ3n) is 2.65. The molecule has 0 aromatic rings. The van der Waals surface area contributed by atoms with E-state index in [9.17, 15) is 0 Å². The molecule has 0 bridgehead atoms. The SMILES string of the molecule is C/C=C(\C=C(C)C)CC1=CCCNCC1.CC. The summed E-state index contributed by atoms with van der Waals surface area (Å²) in [5, 5.41) is 3.42. The molecular formula is C16H29N. The van der Waals surface area contributed by atoms with Crippen molar-refractivity contribution < 1.29 is 0 Å². The van der Waals surface area contributed by atoms with Gasteiger partial charge in [0.1, 0.15) is 0 Å². The molecular weight excluding hydrogens is 206 g/mol. The van der Waals surface area contributed by atoms with Crippen molar-refractivity contribution in [1.29, 1.82) is 0 Å². The topological polar surface area (TPSA) is 12.0 Å². The van der Waals surface area contributed by atoms with Gasteiger partial charge in [0.2, 0.25) is 0 Å². The standard InChI is InChI=1S/C14H23N.C2H6/c1-4-13(10-12(2)3)11-14-6-5-8-15-9-7-14;1-2/h4,6,10,15H,5,7-9,11H2,1-3H3;1-2H3/b13-4+;. The molecule has 0 saturated carbocycles. The first-order valence-corrected chi connectivity index (χ1v) is 6.91. The maximum atomic E-state index is 3.42. The number of nitrogens with one attached hydrogen (secondary N) is 1.